The fraction of sp³-hybridized carbons (Fsp3) is 0.667. The summed E-state index contributed by atoms with van der Waals surface area (Å²) in [5.41, 5.74) is 1.37. The number of ether oxygens (including phenoxy) is 1. The summed E-state index contributed by atoms with van der Waals surface area (Å²) in [4.78, 5) is 0. The lowest BCUT2D eigenvalue weighted by Crippen LogP contribution is -2.19. The predicted molar refractivity (Wildman–Crippen MR) is 63.0 cm³/mol. The average Bonchev–Trinajstić information content (AvgIpc) is 2.71. The van der Waals surface area contributed by atoms with Crippen LogP contribution in [0.3, 0.4) is 0 Å². The minimum atomic E-state index is 0.485. The maximum atomic E-state index is 5.05. The van der Waals surface area contributed by atoms with Gasteiger partial charge in [-0.25, -0.2) is 0 Å². The Morgan fingerprint density at radius 1 is 1.47 bits per heavy atom. The highest BCUT2D eigenvalue weighted by Gasteiger charge is 2.08. The van der Waals surface area contributed by atoms with Crippen LogP contribution in [0.4, 0.5) is 0 Å². The zero-order valence-corrected chi connectivity index (χ0v) is 9.99. The molecule has 0 spiro atoms. The van der Waals surface area contributed by atoms with Crippen LogP contribution >= 0.6 is 0 Å². The van der Waals surface area contributed by atoms with E-state index in [0.29, 0.717) is 6.04 Å². The van der Waals surface area contributed by atoms with Crippen LogP contribution in [-0.4, -0.2) is 24.8 Å². The van der Waals surface area contributed by atoms with Crippen LogP contribution in [0.15, 0.2) is 18.5 Å². The van der Waals surface area contributed by atoms with E-state index in [1.54, 1.807) is 7.11 Å². The van der Waals surface area contributed by atoms with E-state index in [9.17, 15) is 0 Å². The van der Waals surface area contributed by atoms with Crippen LogP contribution in [0, 0.1) is 0 Å². The number of hydrogen-bond donors (Lipinski definition) is 1. The monoisotopic (exact) mass is 210 g/mol. The summed E-state index contributed by atoms with van der Waals surface area (Å²) in [5, 5.41) is 3.47. The third kappa shape index (κ3) is 3.68. The Hall–Kier alpha value is -0.800. The van der Waals surface area contributed by atoms with E-state index < -0.39 is 0 Å². The molecule has 1 rings (SSSR count). The molecule has 1 heterocycles. The summed E-state index contributed by atoms with van der Waals surface area (Å²) >= 11 is 0. The van der Waals surface area contributed by atoms with Gasteiger partial charge in [-0.15, -0.1) is 0 Å². The molecule has 3 heteroatoms. The van der Waals surface area contributed by atoms with Crippen LogP contribution < -0.4 is 5.32 Å². The molecule has 86 valence electrons. The maximum absolute atomic E-state index is 5.05. The van der Waals surface area contributed by atoms with Crippen LogP contribution in [0.2, 0.25) is 0 Å². The first-order chi connectivity index (χ1) is 7.31. The molecule has 1 atom stereocenters. The van der Waals surface area contributed by atoms with E-state index >= 15 is 0 Å². The Kier molecular flexibility index (Phi) is 5.43. The molecule has 1 aromatic heterocycles. The van der Waals surface area contributed by atoms with Gasteiger partial charge in [0.2, 0.25) is 0 Å². The van der Waals surface area contributed by atoms with Gasteiger partial charge >= 0.3 is 0 Å². The van der Waals surface area contributed by atoms with E-state index in [1.807, 2.05) is 0 Å². The molecule has 0 bridgehead atoms. The van der Waals surface area contributed by atoms with Crippen molar-refractivity contribution in [1.29, 1.82) is 0 Å². The minimum Gasteiger partial charge on any atom is -0.383 e. The molecule has 0 fully saturated rings. The molecule has 0 aliphatic rings. The van der Waals surface area contributed by atoms with Crippen molar-refractivity contribution in [1.82, 2.24) is 9.88 Å². The van der Waals surface area contributed by atoms with Crippen molar-refractivity contribution in [3.05, 3.63) is 24.0 Å². The maximum Gasteiger partial charge on any atom is 0.0641 e. The number of nitrogens with one attached hydrogen (secondary N) is 1. The largest absolute Gasteiger partial charge is 0.383 e. The number of methoxy groups -OCH3 is 1. The minimum absolute atomic E-state index is 0.485. The topological polar surface area (TPSA) is 26.2 Å². The Labute approximate surface area is 92.4 Å². The second-order valence-corrected chi connectivity index (χ2v) is 3.69. The third-order valence-electron chi connectivity index (χ3n) is 2.59. The number of nitrogens with zero attached hydrogens (tertiary/aromatic N) is 1. The molecular weight excluding hydrogens is 188 g/mol. The van der Waals surface area contributed by atoms with Gasteiger partial charge in [0, 0.05) is 32.1 Å². The standard InChI is InChI=1S/C12H22N2O/c1-4-12(13-5-2)11-6-7-14(10-11)8-9-15-3/h6-7,10,12-13H,4-5,8-9H2,1-3H3. The van der Waals surface area contributed by atoms with Crippen molar-refractivity contribution in [2.24, 2.45) is 0 Å². The first-order valence-corrected chi connectivity index (χ1v) is 5.69. The van der Waals surface area contributed by atoms with Gasteiger partial charge in [-0.2, -0.15) is 0 Å². The number of hydrogen-bond acceptors (Lipinski definition) is 2. The SMILES string of the molecule is CCNC(CC)c1ccn(CCOC)c1. The van der Waals surface area contributed by atoms with Gasteiger partial charge in [-0.3, -0.25) is 0 Å². The first kappa shape index (κ1) is 12.3. The zero-order chi connectivity index (χ0) is 11.1. The van der Waals surface area contributed by atoms with E-state index in [2.05, 4.69) is 42.2 Å². The molecule has 15 heavy (non-hydrogen) atoms. The molecule has 0 amide bonds. The van der Waals surface area contributed by atoms with Gasteiger partial charge in [0.1, 0.15) is 0 Å². The molecule has 1 N–H and O–H groups in total. The summed E-state index contributed by atoms with van der Waals surface area (Å²) in [6.45, 7) is 7.07. The van der Waals surface area contributed by atoms with Crippen molar-refractivity contribution in [2.45, 2.75) is 32.9 Å². The molecular formula is C12H22N2O. The summed E-state index contributed by atoms with van der Waals surface area (Å²) in [7, 11) is 1.73. The Bertz CT molecular complexity index is 270. The van der Waals surface area contributed by atoms with Crippen molar-refractivity contribution in [3.8, 4) is 0 Å². The molecule has 1 aromatic rings. The van der Waals surface area contributed by atoms with E-state index in [0.717, 1.165) is 26.1 Å². The van der Waals surface area contributed by atoms with Gasteiger partial charge in [0.05, 0.1) is 6.61 Å². The molecule has 0 aliphatic carbocycles. The van der Waals surface area contributed by atoms with Gasteiger partial charge in [-0.1, -0.05) is 13.8 Å². The fourth-order valence-corrected chi connectivity index (χ4v) is 1.75. The molecule has 0 saturated heterocycles. The average molecular weight is 210 g/mol. The van der Waals surface area contributed by atoms with Crippen LogP contribution in [-0.2, 0) is 11.3 Å². The molecule has 0 radical (unpaired) electrons. The smallest absolute Gasteiger partial charge is 0.0641 e. The predicted octanol–water partition coefficient (Wildman–Crippen LogP) is 2.20. The number of aromatic nitrogens is 1. The second kappa shape index (κ2) is 6.64. The van der Waals surface area contributed by atoms with Gasteiger partial charge in [-0.05, 0) is 24.6 Å². The van der Waals surface area contributed by atoms with Crippen molar-refractivity contribution in [3.63, 3.8) is 0 Å². The third-order valence-corrected chi connectivity index (χ3v) is 2.59. The Morgan fingerprint density at radius 2 is 2.27 bits per heavy atom. The summed E-state index contributed by atoms with van der Waals surface area (Å²) in [6.07, 6.45) is 5.45. The lowest BCUT2D eigenvalue weighted by Gasteiger charge is -2.13. The van der Waals surface area contributed by atoms with Gasteiger partial charge in [0.15, 0.2) is 0 Å². The van der Waals surface area contributed by atoms with Crippen molar-refractivity contribution >= 4 is 0 Å². The first-order valence-electron chi connectivity index (χ1n) is 5.69. The van der Waals surface area contributed by atoms with E-state index in [4.69, 9.17) is 4.74 Å². The highest BCUT2D eigenvalue weighted by molar-refractivity contribution is 5.15. The zero-order valence-electron chi connectivity index (χ0n) is 9.99. The number of rotatable bonds is 7. The summed E-state index contributed by atoms with van der Waals surface area (Å²) < 4.78 is 7.23. The molecule has 3 nitrogen and oxygen atoms in total. The van der Waals surface area contributed by atoms with Crippen molar-refractivity contribution < 1.29 is 4.74 Å². The molecule has 0 aromatic carbocycles. The lowest BCUT2D eigenvalue weighted by atomic mass is 10.1. The summed E-state index contributed by atoms with van der Waals surface area (Å²) in [5.74, 6) is 0. The highest BCUT2D eigenvalue weighted by Crippen LogP contribution is 2.16. The van der Waals surface area contributed by atoms with Crippen LogP contribution in [0.25, 0.3) is 0 Å². The molecule has 0 aliphatic heterocycles. The summed E-state index contributed by atoms with van der Waals surface area (Å²) in [6, 6.07) is 2.67. The quantitative estimate of drug-likeness (QED) is 0.746. The molecule has 1 unspecified atom stereocenters. The van der Waals surface area contributed by atoms with E-state index in [-0.39, 0.29) is 0 Å². The normalized spacial score (nSPS) is 13.0. The van der Waals surface area contributed by atoms with Gasteiger partial charge in [0.25, 0.3) is 0 Å². The fourth-order valence-electron chi connectivity index (χ4n) is 1.75. The Balaban J connectivity index is 2.56. The van der Waals surface area contributed by atoms with Crippen molar-refractivity contribution in [2.75, 3.05) is 20.3 Å². The van der Waals surface area contributed by atoms with Gasteiger partial charge < -0.3 is 14.6 Å². The lowest BCUT2D eigenvalue weighted by molar-refractivity contribution is 0.187. The van der Waals surface area contributed by atoms with Crippen LogP contribution in [0.1, 0.15) is 31.9 Å². The van der Waals surface area contributed by atoms with Crippen LogP contribution in [0.5, 0.6) is 0 Å². The van der Waals surface area contributed by atoms with E-state index in [1.165, 1.54) is 5.56 Å². The second-order valence-electron chi connectivity index (χ2n) is 3.69. The highest BCUT2D eigenvalue weighted by atomic mass is 16.5. The molecule has 0 saturated carbocycles. The Morgan fingerprint density at radius 3 is 2.87 bits per heavy atom.